The summed E-state index contributed by atoms with van der Waals surface area (Å²) in [5.41, 5.74) is 6.62. The van der Waals surface area contributed by atoms with Gasteiger partial charge in [0.1, 0.15) is 5.75 Å². The van der Waals surface area contributed by atoms with Gasteiger partial charge in [0.05, 0.1) is 18.0 Å². The lowest BCUT2D eigenvalue weighted by Gasteiger charge is -2.22. The molecule has 1 atom stereocenters. The van der Waals surface area contributed by atoms with Crippen LogP contribution in [0.15, 0.2) is 24.3 Å². The van der Waals surface area contributed by atoms with Gasteiger partial charge < -0.3 is 15.4 Å². The minimum Gasteiger partial charge on any atom is -0.497 e. The molecule has 0 saturated carbocycles. The number of thiocarbonyl (C=S) groups is 1. The minimum atomic E-state index is -0.377. The third-order valence-corrected chi connectivity index (χ3v) is 3.29. The fourth-order valence-corrected chi connectivity index (χ4v) is 2.11. The average Bonchev–Trinajstić information content (AvgIpc) is 2.39. The molecule has 0 radical (unpaired) electrons. The maximum atomic E-state index is 12.2. The molecule has 0 bridgehead atoms. The number of hydrogen-bond donors (Lipinski definition) is 1. The van der Waals surface area contributed by atoms with E-state index in [1.807, 2.05) is 31.2 Å². The van der Waals surface area contributed by atoms with Gasteiger partial charge in [0.2, 0.25) is 5.91 Å². The van der Waals surface area contributed by atoms with Crippen LogP contribution >= 0.6 is 12.2 Å². The molecule has 0 fully saturated rings. The van der Waals surface area contributed by atoms with Gasteiger partial charge in [0, 0.05) is 13.6 Å². The lowest BCUT2D eigenvalue weighted by molar-refractivity contribution is -0.132. The molecule has 0 spiro atoms. The highest BCUT2D eigenvalue weighted by Crippen LogP contribution is 2.14. The smallest absolute Gasteiger partial charge is 0.232 e. The molecule has 0 aliphatic carbocycles. The molecule has 0 saturated heterocycles. The summed E-state index contributed by atoms with van der Waals surface area (Å²) in [5.74, 6) is 0.386. The summed E-state index contributed by atoms with van der Waals surface area (Å²) in [6, 6.07) is 7.62. The van der Waals surface area contributed by atoms with Gasteiger partial charge in [-0.3, -0.25) is 4.79 Å². The van der Waals surface area contributed by atoms with Crippen molar-refractivity contribution in [3.05, 3.63) is 29.8 Å². The largest absolute Gasteiger partial charge is 0.497 e. The number of hydrogen-bond acceptors (Lipinski definition) is 3. The van der Waals surface area contributed by atoms with Crippen LogP contribution in [0, 0.1) is 5.92 Å². The third kappa shape index (κ3) is 4.21. The zero-order chi connectivity index (χ0) is 14.4. The first-order valence-electron chi connectivity index (χ1n) is 6.16. The predicted octanol–water partition coefficient (Wildman–Crippen LogP) is 1.97. The van der Waals surface area contributed by atoms with E-state index in [-0.39, 0.29) is 16.8 Å². The predicted molar refractivity (Wildman–Crippen MR) is 80.0 cm³/mol. The van der Waals surface area contributed by atoms with Gasteiger partial charge in [-0.2, -0.15) is 0 Å². The normalized spacial score (nSPS) is 11.7. The van der Waals surface area contributed by atoms with Crippen molar-refractivity contribution in [2.75, 3.05) is 14.2 Å². The third-order valence-electron chi connectivity index (χ3n) is 3.00. The molecular weight excluding hydrogens is 260 g/mol. The second kappa shape index (κ2) is 7.09. The van der Waals surface area contributed by atoms with Gasteiger partial charge in [-0.1, -0.05) is 31.3 Å². The van der Waals surface area contributed by atoms with Gasteiger partial charge in [-0.05, 0) is 24.1 Å². The summed E-state index contributed by atoms with van der Waals surface area (Å²) in [4.78, 5) is 14.1. The fraction of sp³-hybridized carbons (Fsp3) is 0.429. The zero-order valence-electron chi connectivity index (χ0n) is 11.6. The quantitative estimate of drug-likeness (QED) is 0.809. The molecule has 1 amide bonds. The number of nitrogens with zero attached hydrogens (tertiary/aromatic N) is 1. The molecule has 19 heavy (non-hydrogen) atoms. The van der Waals surface area contributed by atoms with Crippen LogP contribution in [0.4, 0.5) is 0 Å². The number of carbonyl (C=O) groups excluding carboxylic acids is 1. The van der Waals surface area contributed by atoms with E-state index in [0.717, 1.165) is 11.3 Å². The highest BCUT2D eigenvalue weighted by Gasteiger charge is 2.22. The van der Waals surface area contributed by atoms with Crippen molar-refractivity contribution in [3.63, 3.8) is 0 Å². The van der Waals surface area contributed by atoms with Crippen LogP contribution in [-0.4, -0.2) is 30.0 Å². The Morgan fingerprint density at radius 3 is 2.42 bits per heavy atom. The molecule has 2 N–H and O–H groups in total. The number of rotatable bonds is 6. The van der Waals surface area contributed by atoms with Crippen LogP contribution in [-0.2, 0) is 11.3 Å². The van der Waals surface area contributed by atoms with E-state index in [9.17, 15) is 4.79 Å². The summed E-state index contributed by atoms with van der Waals surface area (Å²) < 4.78 is 5.09. The second-order valence-electron chi connectivity index (χ2n) is 4.41. The first-order chi connectivity index (χ1) is 8.99. The van der Waals surface area contributed by atoms with E-state index >= 15 is 0 Å². The lowest BCUT2D eigenvalue weighted by atomic mass is 10.0. The number of ether oxygens (including phenoxy) is 1. The topological polar surface area (TPSA) is 55.6 Å². The molecule has 1 rings (SSSR count). The number of carbonyl (C=O) groups is 1. The molecule has 0 aromatic heterocycles. The van der Waals surface area contributed by atoms with Gasteiger partial charge in [-0.15, -0.1) is 0 Å². The molecule has 4 nitrogen and oxygen atoms in total. The number of benzene rings is 1. The maximum Gasteiger partial charge on any atom is 0.232 e. The molecule has 0 aliphatic heterocycles. The monoisotopic (exact) mass is 280 g/mol. The minimum absolute atomic E-state index is 0.0363. The SMILES string of the molecule is CCC(C(=O)N(C)Cc1ccc(OC)cc1)C(N)=S. The Hall–Kier alpha value is -1.62. The van der Waals surface area contributed by atoms with Crippen LogP contribution in [0.1, 0.15) is 18.9 Å². The Morgan fingerprint density at radius 1 is 1.42 bits per heavy atom. The van der Waals surface area contributed by atoms with E-state index in [1.165, 1.54) is 0 Å². The second-order valence-corrected chi connectivity index (χ2v) is 4.88. The summed E-state index contributed by atoms with van der Waals surface area (Å²) in [7, 11) is 3.38. The standard InChI is InChI=1S/C14H20N2O2S/c1-4-12(13(15)19)14(17)16(2)9-10-5-7-11(18-3)8-6-10/h5-8,12H,4,9H2,1-3H3,(H2,15,19). The lowest BCUT2D eigenvalue weighted by Crippen LogP contribution is -2.38. The van der Waals surface area contributed by atoms with E-state index < -0.39 is 0 Å². The van der Waals surface area contributed by atoms with Crippen molar-refractivity contribution in [3.8, 4) is 5.75 Å². The molecule has 1 aromatic carbocycles. The van der Waals surface area contributed by atoms with Crippen LogP contribution in [0.3, 0.4) is 0 Å². The van der Waals surface area contributed by atoms with Gasteiger partial charge in [-0.25, -0.2) is 0 Å². The van der Waals surface area contributed by atoms with Crippen molar-refractivity contribution >= 4 is 23.1 Å². The van der Waals surface area contributed by atoms with Crippen molar-refractivity contribution < 1.29 is 9.53 Å². The maximum absolute atomic E-state index is 12.2. The Kier molecular flexibility index (Phi) is 5.76. The van der Waals surface area contributed by atoms with Crippen molar-refractivity contribution in [1.29, 1.82) is 0 Å². The van der Waals surface area contributed by atoms with Crippen LogP contribution in [0.2, 0.25) is 0 Å². The first-order valence-corrected chi connectivity index (χ1v) is 6.57. The Bertz CT molecular complexity index is 445. The number of methoxy groups -OCH3 is 1. The molecule has 1 unspecified atom stereocenters. The fourth-order valence-electron chi connectivity index (χ4n) is 1.85. The summed E-state index contributed by atoms with van der Waals surface area (Å²) in [6.45, 7) is 2.44. The van der Waals surface area contributed by atoms with Gasteiger partial charge in [0.25, 0.3) is 0 Å². The first kappa shape index (κ1) is 15.4. The van der Waals surface area contributed by atoms with Crippen molar-refractivity contribution in [1.82, 2.24) is 4.90 Å². The van der Waals surface area contributed by atoms with E-state index in [2.05, 4.69) is 0 Å². The summed E-state index contributed by atoms with van der Waals surface area (Å²) in [6.07, 6.45) is 0.626. The van der Waals surface area contributed by atoms with Crippen LogP contribution in [0.25, 0.3) is 0 Å². The Morgan fingerprint density at radius 2 is 2.00 bits per heavy atom. The molecule has 1 aromatic rings. The van der Waals surface area contributed by atoms with Crippen LogP contribution in [0.5, 0.6) is 5.75 Å². The van der Waals surface area contributed by atoms with E-state index in [4.69, 9.17) is 22.7 Å². The number of amides is 1. The molecule has 0 aliphatic rings. The Labute approximate surface area is 119 Å². The Balaban J connectivity index is 2.69. The van der Waals surface area contributed by atoms with E-state index in [0.29, 0.717) is 13.0 Å². The molecule has 5 heteroatoms. The molecular formula is C14H20N2O2S. The van der Waals surface area contributed by atoms with Gasteiger partial charge >= 0.3 is 0 Å². The van der Waals surface area contributed by atoms with Gasteiger partial charge in [0.15, 0.2) is 0 Å². The summed E-state index contributed by atoms with van der Waals surface area (Å²) in [5, 5.41) is 0. The van der Waals surface area contributed by atoms with E-state index in [1.54, 1.807) is 19.1 Å². The number of nitrogens with two attached hydrogens (primary N) is 1. The van der Waals surface area contributed by atoms with Crippen molar-refractivity contribution in [2.45, 2.75) is 19.9 Å². The van der Waals surface area contributed by atoms with Crippen molar-refractivity contribution in [2.24, 2.45) is 11.7 Å². The molecule has 104 valence electrons. The highest BCUT2D eigenvalue weighted by molar-refractivity contribution is 7.80. The molecule has 0 heterocycles. The highest BCUT2D eigenvalue weighted by atomic mass is 32.1. The zero-order valence-corrected chi connectivity index (χ0v) is 12.4. The summed E-state index contributed by atoms with van der Waals surface area (Å²) >= 11 is 4.92. The van der Waals surface area contributed by atoms with Crippen LogP contribution < -0.4 is 10.5 Å². The average molecular weight is 280 g/mol.